The van der Waals surface area contributed by atoms with Crippen molar-refractivity contribution in [2.75, 3.05) is 7.11 Å². The number of hydrogen-bond donors (Lipinski definition) is 2. The Hall–Kier alpha value is -1.03. The molecule has 1 heterocycles. The minimum absolute atomic E-state index is 0.644. The van der Waals surface area contributed by atoms with Crippen LogP contribution in [0.1, 0.15) is 11.9 Å². The molecule has 0 saturated heterocycles. The number of aliphatic hydroxyl groups excluding tert-OH is 1. The van der Waals surface area contributed by atoms with Gasteiger partial charge in [-0.2, -0.15) is 0 Å². The molecule has 0 fully saturated rings. The number of rotatable bonds is 2. The Balaban J connectivity index is 2.54. The number of fused-ring (bicyclic) bond motifs is 1. The SMILES string of the molecule is COC(O)c1ccc2[nH]cc(Cl)c2c1. The van der Waals surface area contributed by atoms with E-state index in [-0.39, 0.29) is 0 Å². The highest BCUT2D eigenvalue weighted by Crippen LogP contribution is 2.26. The van der Waals surface area contributed by atoms with Gasteiger partial charge in [0.1, 0.15) is 0 Å². The van der Waals surface area contributed by atoms with Crippen molar-refractivity contribution in [3.05, 3.63) is 35.0 Å². The van der Waals surface area contributed by atoms with Crippen LogP contribution in [0.15, 0.2) is 24.4 Å². The zero-order valence-corrected chi connectivity index (χ0v) is 8.38. The van der Waals surface area contributed by atoms with Crippen LogP contribution in [0.3, 0.4) is 0 Å². The van der Waals surface area contributed by atoms with Gasteiger partial charge >= 0.3 is 0 Å². The molecule has 4 heteroatoms. The van der Waals surface area contributed by atoms with E-state index in [1.807, 2.05) is 12.1 Å². The lowest BCUT2D eigenvalue weighted by Crippen LogP contribution is -1.98. The molecule has 74 valence electrons. The molecule has 2 rings (SSSR count). The Bertz CT molecular complexity index is 452. The average molecular weight is 212 g/mol. The Morgan fingerprint density at radius 3 is 3.00 bits per heavy atom. The van der Waals surface area contributed by atoms with E-state index in [0.29, 0.717) is 10.6 Å². The molecule has 1 atom stereocenters. The van der Waals surface area contributed by atoms with E-state index in [1.54, 1.807) is 12.3 Å². The summed E-state index contributed by atoms with van der Waals surface area (Å²) in [4.78, 5) is 3.02. The lowest BCUT2D eigenvalue weighted by atomic mass is 10.1. The fourth-order valence-electron chi connectivity index (χ4n) is 1.39. The third-order valence-corrected chi connectivity index (χ3v) is 2.48. The molecule has 1 unspecified atom stereocenters. The van der Waals surface area contributed by atoms with Crippen LogP contribution in [0.25, 0.3) is 10.9 Å². The van der Waals surface area contributed by atoms with Crippen LogP contribution < -0.4 is 0 Å². The van der Waals surface area contributed by atoms with Crippen LogP contribution in [0.2, 0.25) is 5.02 Å². The van der Waals surface area contributed by atoms with Crippen LogP contribution in [0.5, 0.6) is 0 Å². The van der Waals surface area contributed by atoms with Gasteiger partial charge < -0.3 is 14.8 Å². The number of aromatic amines is 1. The van der Waals surface area contributed by atoms with Gasteiger partial charge in [0.25, 0.3) is 0 Å². The number of aliphatic hydroxyl groups is 1. The van der Waals surface area contributed by atoms with Crippen LogP contribution in [-0.4, -0.2) is 17.2 Å². The van der Waals surface area contributed by atoms with E-state index in [9.17, 15) is 5.11 Å². The van der Waals surface area contributed by atoms with Crippen molar-refractivity contribution in [1.82, 2.24) is 4.98 Å². The molecule has 0 aliphatic rings. The fourth-order valence-corrected chi connectivity index (χ4v) is 1.60. The summed E-state index contributed by atoms with van der Waals surface area (Å²) in [6.45, 7) is 0. The van der Waals surface area contributed by atoms with Crippen LogP contribution in [0, 0.1) is 0 Å². The van der Waals surface area contributed by atoms with Gasteiger partial charge in [-0.05, 0) is 12.1 Å². The summed E-state index contributed by atoms with van der Waals surface area (Å²) in [7, 11) is 1.45. The van der Waals surface area contributed by atoms with Crippen molar-refractivity contribution in [1.29, 1.82) is 0 Å². The normalized spacial score (nSPS) is 13.4. The van der Waals surface area contributed by atoms with Crippen molar-refractivity contribution < 1.29 is 9.84 Å². The molecule has 0 spiro atoms. The van der Waals surface area contributed by atoms with Crippen molar-refractivity contribution in [2.24, 2.45) is 0 Å². The molecule has 14 heavy (non-hydrogen) atoms. The molecule has 2 aromatic rings. The predicted octanol–water partition coefficient (Wildman–Crippen LogP) is 2.46. The van der Waals surface area contributed by atoms with Crippen LogP contribution >= 0.6 is 11.6 Å². The van der Waals surface area contributed by atoms with Crippen LogP contribution in [0.4, 0.5) is 0 Å². The standard InChI is InChI=1S/C10H10ClNO2/c1-14-10(13)6-2-3-9-7(4-6)8(11)5-12-9/h2-5,10,12-13H,1H3. The summed E-state index contributed by atoms with van der Waals surface area (Å²) in [6.07, 6.45) is 0.820. The van der Waals surface area contributed by atoms with Gasteiger partial charge in [0.15, 0.2) is 6.29 Å². The minimum atomic E-state index is -0.898. The van der Waals surface area contributed by atoms with E-state index in [4.69, 9.17) is 16.3 Å². The first-order chi connectivity index (χ1) is 6.72. The molecule has 1 aromatic carbocycles. The van der Waals surface area contributed by atoms with Crippen molar-refractivity contribution >= 4 is 22.5 Å². The number of halogens is 1. The van der Waals surface area contributed by atoms with Gasteiger partial charge in [0.2, 0.25) is 0 Å². The molecule has 1 aromatic heterocycles. The fraction of sp³-hybridized carbons (Fsp3) is 0.200. The quantitative estimate of drug-likeness (QED) is 0.750. The highest BCUT2D eigenvalue weighted by molar-refractivity contribution is 6.35. The molecule has 0 amide bonds. The summed E-state index contributed by atoms with van der Waals surface area (Å²) in [5.74, 6) is 0. The smallest absolute Gasteiger partial charge is 0.180 e. The first-order valence-electron chi connectivity index (χ1n) is 4.20. The monoisotopic (exact) mass is 211 g/mol. The summed E-state index contributed by atoms with van der Waals surface area (Å²) < 4.78 is 4.80. The molecular weight excluding hydrogens is 202 g/mol. The lowest BCUT2D eigenvalue weighted by molar-refractivity contribution is -0.0768. The number of methoxy groups -OCH3 is 1. The van der Waals surface area contributed by atoms with E-state index in [0.717, 1.165) is 10.9 Å². The molecule has 0 saturated carbocycles. The zero-order valence-electron chi connectivity index (χ0n) is 7.62. The van der Waals surface area contributed by atoms with Crippen molar-refractivity contribution in [2.45, 2.75) is 6.29 Å². The number of benzene rings is 1. The minimum Gasteiger partial charge on any atom is -0.364 e. The van der Waals surface area contributed by atoms with Gasteiger partial charge in [-0.15, -0.1) is 0 Å². The largest absolute Gasteiger partial charge is 0.364 e. The highest BCUT2D eigenvalue weighted by atomic mass is 35.5. The maximum Gasteiger partial charge on any atom is 0.180 e. The van der Waals surface area contributed by atoms with Gasteiger partial charge in [-0.3, -0.25) is 0 Å². The van der Waals surface area contributed by atoms with Crippen molar-refractivity contribution in [3.8, 4) is 0 Å². The first kappa shape index (κ1) is 9.52. The Labute approximate surface area is 86.3 Å². The maximum atomic E-state index is 9.44. The average Bonchev–Trinajstić information content (AvgIpc) is 2.59. The zero-order chi connectivity index (χ0) is 10.1. The van der Waals surface area contributed by atoms with E-state index in [2.05, 4.69) is 4.98 Å². The van der Waals surface area contributed by atoms with E-state index >= 15 is 0 Å². The maximum absolute atomic E-state index is 9.44. The topological polar surface area (TPSA) is 45.2 Å². The first-order valence-corrected chi connectivity index (χ1v) is 4.57. The Kier molecular flexibility index (Phi) is 2.46. The molecule has 0 aliphatic heterocycles. The Morgan fingerprint density at radius 2 is 2.29 bits per heavy atom. The van der Waals surface area contributed by atoms with Gasteiger partial charge in [-0.25, -0.2) is 0 Å². The molecular formula is C10H10ClNO2. The van der Waals surface area contributed by atoms with Crippen LogP contribution in [-0.2, 0) is 4.74 Å². The molecule has 0 bridgehead atoms. The molecule has 2 N–H and O–H groups in total. The summed E-state index contributed by atoms with van der Waals surface area (Å²) >= 11 is 5.94. The number of ether oxygens (including phenoxy) is 1. The number of nitrogens with one attached hydrogen (secondary N) is 1. The third kappa shape index (κ3) is 1.50. The van der Waals surface area contributed by atoms with Crippen molar-refractivity contribution in [3.63, 3.8) is 0 Å². The lowest BCUT2D eigenvalue weighted by Gasteiger charge is -2.08. The molecule has 3 nitrogen and oxygen atoms in total. The molecule has 0 aliphatic carbocycles. The Morgan fingerprint density at radius 1 is 1.50 bits per heavy atom. The number of hydrogen-bond acceptors (Lipinski definition) is 2. The highest BCUT2D eigenvalue weighted by Gasteiger charge is 2.08. The van der Waals surface area contributed by atoms with Gasteiger partial charge in [-0.1, -0.05) is 17.7 Å². The number of aromatic nitrogens is 1. The second-order valence-electron chi connectivity index (χ2n) is 3.03. The molecule has 0 radical (unpaired) electrons. The second-order valence-corrected chi connectivity index (χ2v) is 3.44. The summed E-state index contributed by atoms with van der Waals surface area (Å²) in [5.41, 5.74) is 1.64. The predicted molar refractivity (Wildman–Crippen MR) is 55.3 cm³/mol. The summed E-state index contributed by atoms with van der Waals surface area (Å²) in [6, 6.07) is 5.46. The third-order valence-electron chi connectivity index (χ3n) is 2.16. The second kappa shape index (κ2) is 3.61. The van der Waals surface area contributed by atoms with E-state index < -0.39 is 6.29 Å². The summed E-state index contributed by atoms with van der Waals surface area (Å²) in [5, 5.41) is 11.0. The number of H-pyrrole nitrogens is 1. The van der Waals surface area contributed by atoms with E-state index in [1.165, 1.54) is 7.11 Å². The van der Waals surface area contributed by atoms with Gasteiger partial charge in [0, 0.05) is 29.8 Å². The van der Waals surface area contributed by atoms with Gasteiger partial charge in [0.05, 0.1) is 5.02 Å².